The van der Waals surface area contributed by atoms with E-state index in [2.05, 4.69) is 25.6 Å². The highest BCUT2D eigenvalue weighted by Crippen LogP contribution is 2.23. The summed E-state index contributed by atoms with van der Waals surface area (Å²) in [6.45, 7) is 4.06. The number of carbonyl (C=O) groups is 1. The highest BCUT2D eigenvalue weighted by atomic mass is 16.5. The molecular weight excluding hydrogens is 250 g/mol. The summed E-state index contributed by atoms with van der Waals surface area (Å²) in [5.41, 5.74) is 0.467. The summed E-state index contributed by atoms with van der Waals surface area (Å²) in [7, 11) is 0. The van der Waals surface area contributed by atoms with Crippen molar-refractivity contribution in [1.29, 1.82) is 0 Å². The van der Waals surface area contributed by atoms with Gasteiger partial charge in [-0.3, -0.25) is 4.79 Å². The van der Waals surface area contributed by atoms with Crippen LogP contribution in [0.15, 0.2) is 10.7 Å². The summed E-state index contributed by atoms with van der Waals surface area (Å²) in [5, 5.41) is 13.8. The molecule has 0 spiro atoms. The van der Waals surface area contributed by atoms with E-state index in [1.807, 2.05) is 6.92 Å². The van der Waals surface area contributed by atoms with Crippen LogP contribution in [-0.2, 0) is 9.53 Å². The van der Waals surface area contributed by atoms with Crippen molar-refractivity contribution in [2.45, 2.75) is 32.6 Å². The fourth-order valence-corrected chi connectivity index (χ4v) is 1.66. The minimum Gasteiger partial charge on any atom is -0.465 e. The lowest BCUT2D eigenvalue weighted by Crippen LogP contribution is -2.16. The molecule has 2 rings (SSSR count). The van der Waals surface area contributed by atoms with Gasteiger partial charge >= 0.3 is 5.97 Å². The van der Waals surface area contributed by atoms with E-state index in [4.69, 9.17) is 9.26 Å². The van der Waals surface area contributed by atoms with Crippen LogP contribution >= 0.6 is 0 Å². The number of rotatable bonds is 6. The SMILES string of the molecule is CCCC(C(=O)OCC)c1nc(-c2cn[nH]n2)no1. The molecule has 0 amide bonds. The Morgan fingerprint density at radius 3 is 3.00 bits per heavy atom. The summed E-state index contributed by atoms with van der Waals surface area (Å²) < 4.78 is 10.1. The number of hydrogen-bond acceptors (Lipinski definition) is 7. The Morgan fingerprint density at radius 1 is 1.53 bits per heavy atom. The fourth-order valence-electron chi connectivity index (χ4n) is 1.66. The Hall–Kier alpha value is -2.25. The minimum atomic E-state index is -0.530. The van der Waals surface area contributed by atoms with Crippen molar-refractivity contribution in [2.75, 3.05) is 6.61 Å². The second-order valence-electron chi connectivity index (χ2n) is 3.90. The number of aromatic amines is 1. The molecule has 102 valence electrons. The molecular formula is C11H15N5O3. The third kappa shape index (κ3) is 2.95. The zero-order valence-electron chi connectivity index (χ0n) is 10.8. The lowest BCUT2D eigenvalue weighted by atomic mass is 10.0. The van der Waals surface area contributed by atoms with Crippen LogP contribution in [0.4, 0.5) is 0 Å². The third-order valence-electron chi connectivity index (χ3n) is 2.53. The first-order valence-corrected chi connectivity index (χ1v) is 6.12. The zero-order chi connectivity index (χ0) is 13.7. The molecule has 0 aliphatic heterocycles. The quantitative estimate of drug-likeness (QED) is 0.784. The highest BCUT2D eigenvalue weighted by molar-refractivity contribution is 5.76. The van der Waals surface area contributed by atoms with E-state index in [1.165, 1.54) is 6.20 Å². The second-order valence-corrected chi connectivity index (χ2v) is 3.90. The van der Waals surface area contributed by atoms with Crippen LogP contribution in [0.2, 0.25) is 0 Å². The standard InChI is InChI=1S/C11H15N5O3/c1-3-5-7(11(17)18-4-2)10-13-9(15-19-10)8-6-12-16-14-8/h6-7H,3-5H2,1-2H3,(H,12,14,16). The molecule has 8 nitrogen and oxygen atoms in total. The number of hydrogen-bond donors (Lipinski definition) is 1. The maximum Gasteiger partial charge on any atom is 0.318 e. The number of aromatic nitrogens is 5. The van der Waals surface area contributed by atoms with Gasteiger partial charge < -0.3 is 9.26 Å². The average Bonchev–Trinajstić information content (AvgIpc) is 3.06. The predicted octanol–water partition coefficient (Wildman–Crippen LogP) is 1.30. The first-order valence-electron chi connectivity index (χ1n) is 6.12. The molecule has 0 aliphatic carbocycles. The number of esters is 1. The average molecular weight is 265 g/mol. The Labute approximate surface area is 109 Å². The lowest BCUT2D eigenvalue weighted by Gasteiger charge is -2.09. The van der Waals surface area contributed by atoms with E-state index < -0.39 is 5.92 Å². The molecule has 19 heavy (non-hydrogen) atoms. The van der Waals surface area contributed by atoms with Gasteiger partial charge in [0.2, 0.25) is 11.7 Å². The second kappa shape index (κ2) is 6.07. The van der Waals surface area contributed by atoms with Gasteiger partial charge in [-0.15, -0.1) is 0 Å². The molecule has 0 aromatic carbocycles. The Morgan fingerprint density at radius 2 is 2.37 bits per heavy atom. The Bertz CT molecular complexity index is 522. The predicted molar refractivity (Wildman–Crippen MR) is 64.0 cm³/mol. The first kappa shape index (κ1) is 13.2. The molecule has 2 heterocycles. The molecule has 2 aromatic rings. The van der Waals surface area contributed by atoms with Crippen molar-refractivity contribution >= 4 is 5.97 Å². The fraction of sp³-hybridized carbons (Fsp3) is 0.545. The Kier molecular flexibility index (Phi) is 4.22. The van der Waals surface area contributed by atoms with Gasteiger partial charge in [-0.2, -0.15) is 20.4 Å². The van der Waals surface area contributed by atoms with Crippen LogP contribution in [0.3, 0.4) is 0 Å². The minimum absolute atomic E-state index is 0.248. The summed E-state index contributed by atoms with van der Waals surface area (Å²) in [4.78, 5) is 16.0. The number of nitrogens with one attached hydrogen (secondary N) is 1. The van der Waals surface area contributed by atoms with Gasteiger partial charge in [-0.1, -0.05) is 18.5 Å². The van der Waals surface area contributed by atoms with Gasteiger partial charge in [-0.05, 0) is 13.3 Å². The smallest absolute Gasteiger partial charge is 0.318 e. The summed E-state index contributed by atoms with van der Waals surface area (Å²) in [6, 6.07) is 0. The van der Waals surface area contributed by atoms with Gasteiger partial charge in [0.25, 0.3) is 0 Å². The van der Waals surface area contributed by atoms with Gasteiger partial charge in [0, 0.05) is 0 Å². The van der Waals surface area contributed by atoms with Crippen LogP contribution < -0.4 is 0 Å². The number of H-pyrrole nitrogens is 1. The van der Waals surface area contributed by atoms with E-state index in [0.29, 0.717) is 24.5 Å². The molecule has 1 N–H and O–H groups in total. The van der Waals surface area contributed by atoms with Crippen LogP contribution in [0.25, 0.3) is 11.5 Å². The Balaban J connectivity index is 2.20. The molecule has 0 saturated heterocycles. The molecule has 0 bridgehead atoms. The molecule has 1 atom stereocenters. The summed E-state index contributed by atoms with van der Waals surface area (Å²) in [5.74, 6) is -0.328. The van der Waals surface area contributed by atoms with Gasteiger partial charge in [0.05, 0.1) is 12.8 Å². The number of nitrogens with zero attached hydrogens (tertiary/aromatic N) is 4. The van der Waals surface area contributed by atoms with Crippen LogP contribution in [-0.4, -0.2) is 38.1 Å². The monoisotopic (exact) mass is 265 g/mol. The van der Waals surface area contributed by atoms with E-state index >= 15 is 0 Å². The molecule has 1 unspecified atom stereocenters. The molecule has 0 saturated carbocycles. The summed E-state index contributed by atoms with van der Waals surface area (Å²) in [6.07, 6.45) is 2.89. The topological polar surface area (TPSA) is 107 Å². The maximum absolute atomic E-state index is 11.8. The zero-order valence-corrected chi connectivity index (χ0v) is 10.8. The molecule has 0 aliphatic rings. The molecule has 0 fully saturated rings. The van der Waals surface area contributed by atoms with E-state index in [1.54, 1.807) is 6.92 Å². The van der Waals surface area contributed by atoms with E-state index in [9.17, 15) is 4.79 Å². The largest absolute Gasteiger partial charge is 0.465 e. The van der Waals surface area contributed by atoms with Crippen molar-refractivity contribution < 1.29 is 14.1 Å². The van der Waals surface area contributed by atoms with Crippen molar-refractivity contribution in [3.8, 4) is 11.5 Å². The van der Waals surface area contributed by atoms with E-state index in [-0.39, 0.29) is 11.9 Å². The van der Waals surface area contributed by atoms with Crippen molar-refractivity contribution in [3.05, 3.63) is 12.1 Å². The maximum atomic E-state index is 11.8. The number of carbonyl (C=O) groups excluding carboxylic acids is 1. The lowest BCUT2D eigenvalue weighted by molar-refractivity contribution is -0.145. The van der Waals surface area contributed by atoms with Gasteiger partial charge in [0.1, 0.15) is 5.92 Å². The molecule has 8 heteroatoms. The molecule has 2 aromatic heterocycles. The van der Waals surface area contributed by atoms with Crippen molar-refractivity contribution in [2.24, 2.45) is 0 Å². The third-order valence-corrected chi connectivity index (χ3v) is 2.53. The van der Waals surface area contributed by atoms with E-state index in [0.717, 1.165) is 6.42 Å². The summed E-state index contributed by atoms with van der Waals surface area (Å²) >= 11 is 0. The molecule has 0 radical (unpaired) electrons. The van der Waals surface area contributed by atoms with Crippen LogP contribution in [0, 0.1) is 0 Å². The van der Waals surface area contributed by atoms with Crippen LogP contribution in [0.5, 0.6) is 0 Å². The van der Waals surface area contributed by atoms with Gasteiger partial charge in [-0.25, -0.2) is 0 Å². The normalized spacial score (nSPS) is 12.3. The van der Waals surface area contributed by atoms with Gasteiger partial charge in [0.15, 0.2) is 5.69 Å². The van der Waals surface area contributed by atoms with Crippen LogP contribution in [0.1, 0.15) is 38.5 Å². The first-order chi connectivity index (χ1) is 9.26. The van der Waals surface area contributed by atoms with Crippen molar-refractivity contribution in [1.82, 2.24) is 25.6 Å². The van der Waals surface area contributed by atoms with Crippen molar-refractivity contribution in [3.63, 3.8) is 0 Å². The highest BCUT2D eigenvalue weighted by Gasteiger charge is 2.27. The number of ether oxygens (including phenoxy) is 1.